The molecule has 1 aromatic carbocycles. The summed E-state index contributed by atoms with van der Waals surface area (Å²) in [5, 5.41) is 8.64. The van der Waals surface area contributed by atoms with Gasteiger partial charge in [0.25, 0.3) is 0 Å². The van der Waals surface area contributed by atoms with E-state index in [1.165, 1.54) is 4.90 Å². The second kappa shape index (κ2) is 8.33. The molecule has 0 saturated carbocycles. The van der Waals surface area contributed by atoms with Gasteiger partial charge in [0, 0.05) is 26.2 Å². The molecule has 7 heteroatoms. The Morgan fingerprint density at radius 3 is 2.29 bits per heavy atom. The van der Waals surface area contributed by atoms with Crippen LogP contribution in [0.25, 0.3) is 0 Å². The maximum atomic E-state index is 12.2. The van der Waals surface area contributed by atoms with Crippen LogP contribution < -0.4 is 4.74 Å². The van der Waals surface area contributed by atoms with E-state index in [4.69, 9.17) is 9.84 Å². The van der Waals surface area contributed by atoms with Crippen molar-refractivity contribution in [3.05, 3.63) is 29.8 Å². The van der Waals surface area contributed by atoms with E-state index in [9.17, 15) is 14.4 Å². The van der Waals surface area contributed by atoms with Gasteiger partial charge in [0.1, 0.15) is 12.2 Å². The Labute approximate surface area is 140 Å². The molecule has 0 atom stereocenters. The monoisotopic (exact) mass is 334 g/mol. The molecule has 0 radical (unpaired) electrons. The highest BCUT2D eigenvalue weighted by Gasteiger charge is 2.24. The van der Waals surface area contributed by atoms with Crippen molar-refractivity contribution in [2.75, 3.05) is 32.8 Å². The molecule has 1 saturated heterocycles. The maximum Gasteiger partial charge on any atom is 0.312 e. The molecule has 0 bridgehead atoms. The van der Waals surface area contributed by atoms with Crippen LogP contribution in [0.4, 0.5) is 0 Å². The number of carboxylic acids is 1. The van der Waals surface area contributed by atoms with E-state index in [1.807, 2.05) is 31.2 Å². The zero-order chi connectivity index (χ0) is 17.5. The number of piperazine rings is 1. The number of carbonyl (C=O) groups excluding carboxylic acids is 2. The van der Waals surface area contributed by atoms with Crippen LogP contribution >= 0.6 is 0 Å². The minimum absolute atomic E-state index is 0.0204. The van der Waals surface area contributed by atoms with Crippen LogP contribution in [0.5, 0.6) is 5.75 Å². The lowest BCUT2D eigenvalue weighted by Gasteiger charge is -2.34. The third-order valence-electron chi connectivity index (χ3n) is 3.86. The van der Waals surface area contributed by atoms with Gasteiger partial charge in [-0.2, -0.15) is 0 Å². The number of carboxylic acid groups (broad SMARTS) is 1. The molecular formula is C17H22N2O5. The summed E-state index contributed by atoms with van der Waals surface area (Å²) in [6.45, 7) is 3.88. The Morgan fingerprint density at radius 2 is 1.71 bits per heavy atom. The number of aliphatic carboxylic acids is 1. The topological polar surface area (TPSA) is 87.2 Å². The standard InChI is InChI=1S/C17H22N2O5/c1-13-3-2-4-14(11-13)24-10-5-15(20)18-6-8-19(9-7-18)16(21)12-17(22)23/h2-4,11H,5-10,12H2,1H3,(H,22,23). The zero-order valence-electron chi connectivity index (χ0n) is 13.7. The summed E-state index contributed by atoms with van der Waals surface area (Å²) in [4.78, 5) is 37.5. The molecule has 1 aliphatic heterocycles. The number of aryl methyl sites for hydroxylation is 1. The van der Waals surface area contributed by atoms with Crippen LogP contribution in [0.3, 0.4) is 0 Å². The van der Waals surface area contributed by atoms with Gasteiger partial charge in [-0.15, -0.1) is 0 Å². The molecule has 0 aliphatic carbocycles. The number of carbonyl (C=O) groups is 3. The highest BCUT2D eigenvalue weighted by molar-refractivity contribution is 5.93. The number of amides is 2. The first kappa shape index (κ1) is 17.8. The third kappa shape index (κ3) is 5.26. The van der Waals surface area contributed by atoms with E-state index in [0.717, 1.165) is 11.3 Å². The molecule has 24 heavy (non-hydrogen) atoms. The van der Waals surface area contributed by atoms with E-state index in [2.05, 4.69) is 0 Å². The van der Waals surface area contributed by atoms with E-state index in [1.54, 1.807) is 4.90 Å². The highest BCUT2D eigenvalue weighted by Crippen LogP contribution is 2.13. The first-order valence-electron chi connectivity index (χ1n) is 7.92. The SMILES string of the molecule is Cc1cccc(OCCC(=O)N2CCN(C(=O)CC(=O)O)CC2)c1. The Hall–Kier alpha value is -2.57. The molecule has 1 aromatic rings. The Morgan fingerprint density at radius 1 is 1.08 bits per heavy atom. The van der Waals surface area contributed by atoms with Crippen molar-refractivity contribution in [3.8, 4) is 5.75 Å². The van der Waals surface area contributed by atoms with Crippen LogP contribution in [0.2, 0.25) is 0 Å². The first-order chi connectivity index (χ1) is 11.5. The van der Waals surface area contributed by atoms with E-state index < -0.39 is 18.3 Å². The molecule has 1 aliphatic rings. The molecule has 0 aromatic heterocycles. The van der Waals surface area contributed by atoms with Gasteiger partial charge < -0.3 is 19.6 Å². The summed E-state index contributed by atoms with van der Waals surface area (Å²) >= 11 is 0. The molecule has 2 amide bonds. The quantitative estimate of drug-likeness (QED) is 0.781. The van der Waals surface area contributed by atoms with Crippen molar-refractivity contribution in [3.63, 3.8) is 0 Å². The highest BCUT2D eigenvalue weighted by atomic mass is 16.5. The van der Waals surface area contributed by atoms with E-state index >= 15 is 0 Å². The Kier molecular flexibility index (Phi) is 6.17. The first-order valence-corrected chi connectivity index (χ1v) is 7.92. The van der Waals surface area contributed by atoms with Crippen molar-refractivity contribution in [2.24, 2.45) is 0 Å². The van der Waals surface area contributed by atoms with Crippen molar-refractivity contribution >= 4 is 17.8 Å². The zero-order valence-corrected chi connectivity index (χ0v) is 13.7. The van der Waals surface area contributed by atoms with E-state index in [-0.39, 0.29) is 12.3 Å². The number of hydrogen-bond acceptors (Lipinski definition) is 4. The summed E-state index contributed by atoms with van der Waals surface area (Å²) in [7, 11) is 0. The van der Waals surface area contributed by atoms with E-state index in [0.29, 0.717) is 32.8 Å². The summed E-state index contributed by atoms with van der Waals surface area (Å²) in [5.74, 6) is -0.816. The molecule has 130 valence electrons. The van der Waals surface area contributed by atoms with Gasteiger partial charge >= 0.3 is 5.97 Å². The van der Waals surface area contributed by atoms with Crippen LogP contribution in [-0.4, -0.2) is 65.5 Å². The average Bonchev–Trinajstić information content (AvgIpc) is 2.54. The minimum Gasteiger partial charge on any atom is -0.493 e. The van der Waals surface area contributed by atoms with Crippen molar-refractivity contribution in [1.29, 1.82) is 0 Å². The average molecular weight is 334 g/mol. The van der Waals surface area contributed by atoms with Crippen LogP contribution in [-0.2, 0) is 14.4 Å². The molecular weight excluding hydrogens is 312 g/mol. The fourth-order valence-corrected chi connectivity index (χ4v) is 2.57. The van der Waals surface area contributed by atoms with Crippen molar-refractivity contribution < 1.29 is 24.2 Å². The van der Waals surface area contributed by atoms with Crippen molar-refractivity contribution in [2.45, 2.75) is 19.8 Å². The Bertz CT molecular complexity index is 609. The number of nitrogens with zero attached hydrogens (tertiary/aromatic N) is 2. The molecule has 2 rings (SSSR count). The number of benzene rings is 1. The Balaban J connectivity index is 1.71. The second-order valence-corrected chi connectivity index (χ2v) is 5.75. The van der Waals surface area contributed by atoms with Gasteiger partial charge in [-0.05, 0) is 24.6 Å². The predicted molar refractivity (Wildman–Crippen MR) is 86.7 cm³/mol. The normalized spacial score (nSPS) is 14.4. The summed E-state index contributed by atoms with van der Waals surface area (Å²) in [6.07, 6.45) is -0.227. The third-order valence-corrected chi connectivity index (χ3v) is 3.86. The van der Waals surface area contributed by atoms with Crippen LogP contribution in [0.15, 0.2) is 24.3 Å². The van der Waals surface area contributed by atoms with Gasteiger partial charge in [0.15, 0.2) is 0 Å². The fourth-order valence-electron chi connectivity index (χ4n) is 2.57. The largest absolute Gasteiger partial charge is 0.493 e. The molecule has 1 fully saturated rings. The lowest BCUT2D eigenvalue weighted by atomic mass is 10.2. The summed E-state index contributed by atoms with van der Waals surface area (Å²) in [5.41, 5.74) is 1.10. The van der Waals surface area contributed by atoms with Crippen molar-refractivity contribution in [1.82, 2.24) is 9.80 Å². The minimum atomic E-state index is -1.13. The lowest BCUT2D eigenvalue weighted by Crippen LogP contribution is -2.51. The smallest absolute Gasteiger partial charge is 0.312 e. The van der Waals surface area contributed by atoms with Gasteiger partial charge in [-0.25, -0.2) is 0 Å². The molecule has 0 unspecified atom stereocenters. The number of rotatable bonds is 6. The number of hydrogen-bond donors (Lipinski definition) is 1. The number of ether oxygens (including phenoxy) is 1. The van der Waals surface area contributed by atoms with Gasteiger partial charge in [-0.1, -0.05) is 12.1 Å². The van der Waals surface area contributed by atoms with Gasteiger partial charge in [-0.3, -0.25) is 14.4 Å². The molecule has 1 N–H and O–H groups in total. The van der Waals surface area contributed by atoms with Crippen LogP contribution in [0, 0.1) is 6.92 Å². The molecule has 1 heterocycles. The molecule has 0 spiro atoms. The fraction of sp³-hybridized carbons (Fsp3) is 0.471. The summed E-state index contributed by atoms with van der Waals surface area (Å²) in [6, 6.07) is 7.64. The summed E-state index contributed by atoms with van der Waals surface area (Å²) < 4.78 is 5.57. The predicted octanol–water partition coefficient (Wildman–Crippen LogP) is 0.909. The second-order valence-electron chi connectivity index (χ2n) is 5.75. The maximum absolute atomic E-state index is 12.2. The van der Waals surface area contributed by atoms with Gasteiger partial charge in [0.2, 0.25) is 11.8 Å². The van der Waals surface area contributed by atoms with Crippen LogP contribution in [0.1, 0.15) is 18.4 Å². The van der Waals surface area contributed by atoms with Gasteiger partial charge in [0.05, 0.1) is 13.0 Å². The molecule has 7 nitrogen and oxygen atoms in total. The lowest BCUT2D eigenvalue weighted by molar-refractivity contribution is -0.147.